The highest BCUT2D eigenvalue weighted by atomic mass is 16.2. The van der Waals surface area contributed by atoms with Crippen molar-refractivity contribution in [1.29, 1.82) is 0 Å². The van der Waals surface area contributed by atoms with Gasteiger partial charge >= 0.3 is 0 Å². The van der Waals surface area contributed by atoms with Crippen molar-refractivity contribution in [2.45, 2.75) is 13.8 Å². The van der Waals surface area contributed by atoms with E-state index in [1.54, 1.807) is 30.6 Å². The Balaban J connectivity index is 1.64. The van der Waals surface area contributed by atoms with Gasteiger partial charge in [-0.2, -0.15) is 0 Å². The van der Waals surface area contributed by atoms with Crippen LogP contribution in [-0.2, 0) is 4.79 Å². The van der Waals surface area contributed by atoms with Crippen molar-refractivity contribution in [3.8, 4) is 0 Å². The number of rotatable bonds is 1. The van der Waals surface area contributed by atoms with Gasteiger partial charge in [0.15, 0.2) is 0 Å². The van der Waals surface area contributed by atoms with E-state index in [9.17, 15) is 9.59 Å². The fourth-order valence-corrected chi connectivity index (χ4v) is 3.04. The zero-order valence-electron chi connectivity index (χ0n) is 13.8. The lowest BCUT2D eigenvalue weighted by Crippen LogP contribution is -2.35. The van der Waals surface area contributed by atoms with Crippen molar-refractivity contribution in [1.82, 2.24) is 15.3 Å². The molecular weight excluding hydrogens is 316 g/mol. The zero-order valence-corrected chi connectivity index (χ0v) is 13.8. The van der Waals surface area contributed by atoms with E-state index in [4.69, 9.17) is 0 Å². The second kappa shape index (κ2) is 5.66. The largest absolute Gasteiger partial charge is 0.345 e. The lowest BCUT2D eigenvalue weighted by atomic mass is 9.85. The van der Waals surface area contributed by atoms with Gasteiger partial charge in [0.05, 0.1) is 23.1 Å². The number of nitrogens with one attached hydrogen (secondary N) is 2. The number of aromatic nitrogens is 2. The molecule has 0 spiro atoms. The number of carbonyl (C=O) groups excluding carboxylic acids is 2. The van der Waals surface area contributed by atoms with Gasteiger partial charge in [0.1, 0.15) is 0 Å². The van der Waals surface area contributed by atoms with Crippen LogP contribution in [0, 0.1) is 5.92 Å². The fourth-order valence-electron chi connectivity index (χ4n) is 3.04. The normalized spacial score (nSPS) is 21.4. The average Bonchev–Trinajstić information content (AvgIpc) is 3.07. The number of amides is 2. The van der Waals surface area contributed by atoms with Gasteiger partial charge in [-0.05, 0) is 44.2 Å². The number of imidazole rings is 1. The number of allylic oxidation sites excluding steroid dienone is 3. The Morgan fingerprint density at radius 2 is 2.12 bits per heavy atom. The molecule has 2 aliphatic rings. The molecule has 1 unspecified atom stereocenters. The van der Waals surface area contributed by atoms with Crippen LogP contribution in [0.5, 0.6) is 0 Å². The molecule has 124 valence electrons. The van der Waals surface area contributed by atoms with Gasteiger partial charge in [-0.25, -0.2) is 9.98 Å². The number of carbonyl (C=O) groups is 2. The molecule has 0 fully saturated rings. The fraction of sp³-hybridized carbons (Fsp3) is 0.158. The number of benzene rings is 1. The molecule has 1 aromatic heterocycles. The van der Waals surface area contributed by atoms with Crippen LogP contribution in [0.4, 0.5) is 0 Å². The van der Waals surface area contributed by atoms with Crippen LogP contribution in [0.15, 0.2) is 64.6 Å². The van der Waals surface area contributed by atoms with Crippen LogP contribution in [0.2, 0.25) is 0 Å². The Bertz CT molecular complexity index is 1040. The number of aliphatic imine (C=N–C) groups is 1. The minimum Gasteiger partial charge on any atom is -0.345 e. The predicted molar refractivity (Wildman–Crippen MR) is 95.1 cm³/mol. The topological polar surface area (TPSA) is 87.2 Å². The summed E-state index contributed by atoms with van der Waals surface area (Å²) in [5.41, 5.74) is 5.10. The quantitative estimate of drug-likeness (QED) is 0.841. The lowest BCUT2D eigenvalue weighted by molar-refractivity contribution is -0.117. The molecule has 2 aromatic rings. The highest BCUT2D eigenvalue weighted by molar-refractivity contribution is 6.14. The van der Waals surface area contributed by atoms with Crippen molar-refractivity contribution in [2.24, 2.45) is 10.9 Å². The summed E-state index contributed by atoms with van der Waals surface area (Å²) in [5, 5.41) is 2.87. The molecule has 2 heterocycles. The monoisotopic (exact) mass is 332 g/mol. The lowest BCUT2D eigenvalue weighted by Gasteiger charge is -2.28. The first-order valence-electron chi connectivity index (χ1n) is 7.97. The highest BCUT2D eigenvalue weighted by Gasteiger charge is 2.27. The molecule has 0 saturated heterocycles. The molecular formula is C19H16N4O2. The second-order valence-corrected chi connectivity index (χ2v) is 6.17. The minimum absolute atomic E-state index is 0.0353. The smallest absolute Gasteiger partial charge is 0.277 e. The summed E-state index contributed by atoms with van der Waals surface area (Å²) >= 11 is 0. The van der Waals surface area contributed by atoms with Crippen molar-refractivity contribution in [3.63, 3.8) is 0 Å². The Morgan fingerprint density at radius 3 is 2.96 bits per heavy atom. The van der Waals surface area contributed by atoms with E-state index in [0.717, 1.165) is 27.9 Å². The molecule has 1 aliphatic carbocycles. The standard InChI is InChI=1S/C19H16N4O2/c1-10-11(2)18(24)23-16-8-13(4-5-14(10)16)22-19(25)12-3-6-15-17(7-12)21-9-20-15/h3-9,14H,1-2H3,(H,20,21)(H,23,24). The zero-order chi connectivity index (χ0) is 17.6. The molecule has 0 radical (unpaired) electrons. The summed E-state index contributed by atoms with van der Waals surface area (Å²) in [6.07, 6.45) is 7.11. The van der Waals surface area contributed by atoms with E-state index >= 15 is 0 Å². The molecule has 1 atom stereocenters. The number of aromatic amines is 1. The van der Waals surface area contributed by atoms with Gasteiger partial charge in [0.25, 0.3) is 11.8 Å². The number of hydrogen-bond donors (Lipinski definition) is 2. The van der Waals surface area contributed by atoms with E-state index in [2.05, 4.69) is 20.3 Å². The molecule has 1 aromatic carbocycles. The van der Waals surface area contributed by atoms with Crippen molar-refractivity contribution in [2.75, 3.05) is 0 Å². The van der Waals surface area contributed by atoms with Crippen LogP contribution in [0.1, 0.15) is 24.2 Å². The summed E-state index contributed by atoms with van der Waals surface area (Å²) in [7, 11) is 0. The molecule has 2 amide bonds. The third kappa shape index (κ3) is 2.61. The number of hydrogen-bond acceptors (Lipinski definition) is 3. The van der Waals surface area contributed by atoms with Gasteiger partial charge in [0.2, 0.25) is 0 Å². The van der Waals surface area contributed by atoms with E-state index in [0.29, 0.717) is 11.3 Å². The maximum Gasteiger partial charge on any atom is 0.277 e. The van der Waals surface area contributed by atoms with Gasteiger partial charge in [-0.1, -0.05) is 11.6 Å². The van der Waals surface area contributed by atoms with Crippen molar-refractivity contribution < 1.29 is 9.59 Å². The SMILES string of the molecule is CC1=C(C)C2C=CC(=NC(=O)c3ccc4nc[nH]c4c3)C=C2NC1=O. The molecule has 4 rings (SSSR count). The molecule has 1 aliphatic heterocycles. The molecule has 0 saturated carbocycles. The number of H-pyrrole nitrogens is 1. The van der Waals surface area contributed by atoms with Crippen molar-refractivity contribution >= 4 is 28.6 Å². The molecule has 0 bridgehead atoms. The molecule has 6 heteroatoms. The second-order valence-electron chi connectivity index (χ2n) is 6.17. The van der Waals surface area contributed by atoms with Crippen LogP contribution < -0.4 is 5.32 Å². The van der Waals surface area contributed by atoms with Gasteiger partial charge in [-0.15, -0.1) is 0 Å². The molecule has 25 heavy (non-hydrogen) atoms. The first-order chi connectivity index (χ1) is 12.0. The summed E-state index contributed by atoms with van der Waals surface area (Å²) in [4.78, 5) is 35.7. The summed E-state index contributed by atoms with van der Waals surface area (Å²) < 4.78 is 0. The molecule has 6 nitrogen and oxygen atoms in total. The Labute approximate surface area is 144 Å². The summed E-state index contributed by atoms with van der Waals surface area (Å²) in [5.74, 6) is -0.407. The number of nitrogens with zero attached hydrogens (tertiary/aromatic N) is 2. The van der Waals surface area contributed by atoms with Crippen molar-refractivity contribution in [3.05, 3.63) is 65.2 Å². The summed E-state index contributed by atoms with van der Waals surface area (Å²) in [6.45, 7) is 3.76. The van der Waals surface area contributed by atoms with Crippen LogP contribution in [0.25, 0.3) is 11.0 Å². The number of fused-ring (bicyclic) bond motifs is 2. The first-order valence-corrected chi connectivity index (χ1v) is 7.97. The van der Waals surface area contributed by atoms with E-state index in [-0.39, 0.29) is 17.7 Å². The summed E-state index contributed by atoms with van der Waals surface area (Å²) in [6, 6.07) is 5.22. The Hall–Kier alpha value is -3.28. The maximum absolute atomic E-state index is 12.4. The third-order valence-electron chi connectivity index (χ3n) is 4.65. The molecule has 2 N–H and O–H groups in total. The third-order valence-corrected chi connectivity index (χ3v) is 4.65. The van der Waals surface area contributed by atoms with Crippen LogP contribution >= 0.6 is 0 Å². The Kier molecular flexibility index (Phi) is 3.46. The Morgan fingerprint density at radius 1 is 1.28 bits per heavy atom. The van der Waals surface area contributed by atoms with Crippen LogP contribution in [0.3, 0.4) is 0 Å². The first kappa shape index (κ1) is 15.3. The van der Waals surface area contributed by atoms with E-state index in [1.807, 2.05) is 26.0 Å². The highest BCUT2D eigenvalue weighted by Crippen LogP contribution is 2.29. The van der Waals surface area contributed by atoms with E-state index in [1.165, 1.54) is 0 Å². The average molecular weight is 332 g/mol. The maximum atomic E-state index is 12.4. The van der Waals surface area contributed by atoms with Gasteiger partial charge < -0.3 is 10.3 Å². The van der Waals surface area contributed by atoms with Gasteiger partial charge in [-0.3, -0.25) is 9.59 Å². The van der Waals surface area contributed by atoms with Gasteiger partial charge in [0, 0.05) is 22.8 Å². The van der Waals surface area contributed by atoms with Crippen LogP contribution in [-0.4, -0.2) is 27.5 Å². The van der Waals surface area contributed by atoms with E-state index < -0.39 is 0 Å². The minimum atomic E-state index is -0.336. The predicted octanol–water partition coefficient (Wildman–Crippen LogP) is 2.68.